The fourth-order valence-corrected chi connectivity index (χ4v) is 10.8. The number of Topliss-reactive ketones (excluding diaryl/α,β-unsaturated/α-hetero) is 1. The first-order valence-corrected chi connectivity index (χ1v) is 14.1. The zero-order chi connectivity index (χ0) is 24.4. The van der Waals surface area contributed by atoms with Crippen LogP contribution in [0.25, 0.3) is 11.0 Å². The van der Waals surface area contributed by atoms with E-state index >= 15 is 0 Å². The normalized spacial score (nSPS) is 49.0. The summed E-state index contributed by atoms with van der Waals surface area (Å²) in [6.45, 7) is 9.11. The average Bonchev–Trinajstić information content (AvgIpc) is 3.14. The molecule has 0 saturated heterocycles. The molecule has 0 bridgehead atoms. The van der Waals surface area contributed by atoms with Crippen LogP contribution in [-0.2, 0) is 4.79 Å². The van der Waals surface area contributed by atoms with E-state index < -0.39 is 5.60 Å². The lowest BCUT2D eigenvalue weighted by atomic mass is 9.43. The molecule has 5 nitrogen and oxygen atoms in total. The summed E-state index contributed by atoms with van der Waals surface area (Å²) in [5, 5.41) is 20.1. The van der Waals surface area contributed by atoms with Crippen molar-refractivity contribution in [2.24, 2.45) is 39.4 Å². The lowest BCUT2D eigenvalue weighted by molar-refractivity contribution is -0.152. The molecule has 1 unspecified atom stereocenters. The van der Waals surface area contributed by atoms with Crippen molar-refractivity contribution in [1.29, 1.82) is 0 Å². The standard InChI is InChI=1S/C30H41N3O2/c1-19(33-31-22-7-5-6-8-23(22)32-33)25(34)21-10-14-30-18-29(30)13-9-20-17-26(2,35)15-16-27(20,3)24(29)11-12-28(21,30)4/h5-8,19-21,24,35H,9-18H2,1-4H3/t19-,20-,21+,24+,26+,27-,28+,29-,30?/m0/s1. The Morgan fingerprint density at radius 3 is 2.43 bits per heavy atom. The Kier molecular flexibility index (Phi) is 4.34. The van der Waals surface area contributed by atoms with E-state index in [4.69, 9.17) is 0 Å². The van der Waals surface area contributed by atoms with Crippen molar-refractivity contribution in [2.45, 2.75) is 104 Å². The minimum Gasteiger partial charge on any atom is -0.390 e. The molecule has 5 aliphatic carbocycles. The van der Waals surface area contributed by atoms with Crippen LogP contribution in [0.15, 0.2) is 24.3 Å². The van der Waals surface area contributed by atoms with Gasteiger partial charge in [0.25, 0.3) is 0 Å². The molecule has 0 radical (unpaired) electrons. The second-order valence-corrected chi connectivity index (χ2v) is 14.0. The number of benzene rings is 1. The Morgan fingerprint density at radius 1 is 1.00 bits per heavy atom. The van der Waals surface area contributed by atoms with E-state index in [0.717, 1.165) is 36.2 Å². The average molecular weight is 476 g/mol. The number of ketones is 1. The molecule has 5 saturated carbocycles. The molecule has 1 aromatic heterocycles. The van der Waals surface area contributed by atoms with Crippen molar-refractivity contribution in [1.82, 2.24) is 15.0 Å². The van der Waals surface area contributed by atoms with Crippen molar-refractivity contribution in [3.63, 3.8) is 0 Å². The number of rotatable bonds is 3. The third kappa shape index (κ3) is 2.66. The SMILES string of the molecule is C[C@@H](C(=O)[C@H]1CCC23C[C@]24CC[C@H]2C[C@](C)(O)CC[C@]2(C)[C@H]4CC[C@]13C)n1nc2ccccc2n1. The molecule has 5 fully saturated rings. The van der Waals surface area contributed by atoms with Gasteiger partial charge in [0.1, 0.15) is 17.1 Å². The molecule has 1 N–H and O–H groups in total. The second kappa shape index (κ2) is 6.76. The van der Waals surface area contributed by atoms with Gasteiger partial charge in [-0.25, -0.2) is 0 Å². The number of carbonyl (C=O) groups is 1. The van der Waals surface area contributed by atoms with Crippen molar-refractivity contribution >= 4 is 16.8 Å². The van der Waals surface area contributed by atoms with E-state index in [1.54, 1.807) is 4.80 Å². The summed E-state index contributed by atoms with van der Waals surface area (Å²) in [6, 6.07) is 7.57. The van der Waals surface area contributed by atoms with Crippen molar-refractivity contribution < 1.29 is 9.90 Å². The fraction of sp³-hybridized carbons (Fsp3) is 0.767. The van der Waals surface area contributed by atoms with Crippen LogP contribution >= 0.6 is 0 Å². The monoisotopic (exact) mass is 475 g/mol. The van der Waals surface area contributed by atoms with E-state index in [1.165, 1.54) is 44.9 Å². The van der Waals surface area contributed by atoms with Gasteiger partial charge in [0.05, 0.1) is 5.60 Å². The highest BCUT2D eigenvalue weighted by atomic mass is 16.3. The summed E-state index contributed by atoms with van der Waals surface area (Å²) in [5.41, 5.74) is 2.49. The molecule has 35 heavy (non-hydrogen) atoms. The first-order valence-electron chi connectivity index (χ1n) is 14.1. The number of carbonyl (C=O) groups excluding carboxylic acids is 1. The Morgan fingerprint density at radius 2 is 1.71 bits per heavy atom. The predicted molar refractivity (Wildman–Crippen MR) is 136 cm³/mol. The fourth-order valence-electron chi connectivity index (χ4n) is 10.8. The highest BCUT2D eigenvalue weighted by Crippen LogP contribution is 2.90. The third-order valence-corrected chi connectivity index (χ3v) is 12.7. The van der Waals surface area contributed by atoms with E-state index in [0.29, 0.717) is 27.9 Å². The minimum absolute atomic E-state index is 0.102. The van der Waals surface area contributed by atoms with Crippen molar-refractivity contribution in [2.75, 3.05) is 0 Å². The highest BCUT2D eigenvalue weighted by Gasteiger charge is 2.83. The van der Waals surface area contributed by atoms with Crippen LogP contribution in [0.3, 0.4) is 0 Å². The van der Waals surface area contributed by atoms with Crippen LogP contribution < -0.4 is 0 Å². The number of fused-ring (bicyclic) bond motifs is 3. The number of hydrogen-bond acceptors (Lipinski definition) is 4. The smallest absolute Gasteiger partial charge is 0.162 e. The number of aliphatic hydroxyl groups is 1. The quantitative estimate of drug-likeness (QED) is 0.581. The van der Waals surface area contributed by atoms with Gasteiger partial charge in [-0.05, 0) is 124 Å². The highest BCUT2D eigenvalue weighted by molar-refractivity contribution is 5.86. The van der Waals surface area contributed by atoms with Gasteiger partial charge in [0.15, 0.2) is 5.78 Å². The molecular formula is C30H41N3O2. The summed E-state index contributed by atoms with van der Waals surface area (Å²) in [5.74, 6) is 1.88. The van der Waals surface area contributed by atoms with E-state index in [-0.39, 0.29) is 17.4 Å². The Balaban J connectivity index is 1.18. The maximum Gasteiger partial charge on any atom is 0.162 e. The van der Waals surface area contributed by atoms with Crippen LogP contribution in [0, 0.1) is 39.4 Å². The molecule has 5 heteroatoms. The maximum absolute atomic E-state index is 14.0. The molecule has 188 valence electrons. The zero-order valence-corrected chi connectivity index (χ0v) is 21.9. The van der Waals surface area contributed by atoms with Gasteiger partial charge in [-0.3, -0.25) is 4.79 Å². The number of nitrogens with zero attached hydrogens (tertiary/aromatic N) is 3. The van der Waals surface area contributed by atoms with Gasteiger partial charge < -0.3 is 5.11 Å². The largest absolute Gasteiger partial charge is 0.390 e. The predicted octanol–water partition coefficient (Wildman–Crippen LogP) is 6.12. The molecule has 1 heterocycles. The molecule has 5 aliphatic rings. The maximum atomic E-state index is 14.0. The van der Waals surface area contributed by atoms with Gasteiger partial charge in [-0.2, -0.15) is 15.0 Å². The summed E-state index contributed by atoms with van der Waals surface area (Å²) in [7, 11) is 0. The Labute approximate surface area is 209 Å². The van der Waals surface area contributed by atoms with Gasteiger partial charge in [0.2, 0.25) is 0 Å². The first kappa shape index (κ1) is 22.4. The van der Waals surface area contributed by atoms with Crippen molar-refractivity contribution in [3.8, 4) is 0 Å². The number of hydrogen-bond donors (Lipinski definition) is 1. The summed E-state index contributed by atoms with van der Waals surface area (Å²) in [6.07, 6.45) is 11.7. The third-order valence-electron chi connectivity index (χ3n) is 12.7. The summed E-state index contributed by atoms with van der Waals surface area (Å²) < 4.78 is 0. The minimum atomic E-state index is -0.481. The van der Waals surface area contributed by atoms with E-state index in [1.807, 2.05) is 31.2 Å². The Bertz CT molecular complexity index is 1190. The van der Waals surface area contributed by atoms with E-state index in [2.05, 4.69) is 31.0 Å². The van der Waals surface area contributed by atoms with Gasteiger partial charge in [-0.1, -0.05) is 26.0 Å². The molecule has 9 atom stereocenters. The van der Waals surface area contributed by atoms with E-state index in [9.17, 15) is 9.90 Å². The van der Waals surface area contributed by atoms with Crippen LogP contribution in [0.2, 0.25) is 0 Å². The molecule has 7 rings (SSSR count). The van der Waals surface area contributed by atoms with Gasteiger partial charge >= 0.3 is 0 Å². The molecular weight excluding hydrogens is 434 g/mol. The van der Waals surface area contributed by atoms with Crippen LogP contribution in [0.1, 0.15) is 97.9 Å². The molecule has 1 aromatic carbocycles. The van der Waals surface area contributed by atoms with Gasteiger partial charge in [0, 0.05) is 5.92 Å². The number of aromatic nitrogens is 3. The topological polar surface area (TPSA) is 68.0 Å². The first-order chi connectivity index (χ1) is 16.6. The van der Waals surface area contributed by atoms with Crippen LogP contribution in [0.4, 0.5) is 0 Å². The van der Waals surface area contributed by atoms with Crippen LogP contribution in [0.5, 0.6) is 0 Å². The van der Waals surface area contributed by atoms with Gasteiger partial charge in [-0.15, -0.1) is 0 Å². The zero-order valence-electron chi connectivity index (χ0n) is 21.9. The second-order valence-electron chi connectivity index (χ2n) is 14.0. The molecule has 2 aromatic rings. The Hall–Kier alpha value is -1.75. The summed E-state index contributed by atoms with van der Waals surface area (Å²) in [4.78, 5) is 15.7. The van der Waals surface area contributed by atoms with Crippen molar-refractivity contribution in [3.05, 3.63) is 24.3 Å². The molecule has 0 amide bonds. The van der Waals surface area contributed by atoms with Crippen LogP contribution in [-0.4, -0.2) is 31.5 Å². The lowest BCUT2D eigenvalue weighted by Crippen LogP contribution is -2.56. The lowest BCUT2D eigenvalue weighted by Gasteiger charge is -2.61. The molecule has 0 aliphatic heterocycles. The molecule has 2 spiro atoms. The summed E-state index contributed by atoms with van der Waals surface area (Å²) >= 11 is 0.